The largest absolute Gasteiger partial charge is 0.497 e. The molecule has 0 aliphatic heterocycles. The van der Waals surface area contributed by atoms with E-state index in [0.29, 0.717) is 17.7 Å². The molecule has 2 aromatic carbocycles. The number of methoxy groups -OCH3 is 1. The molecule has 71 heavy (non-hydrogen) atoms. The maximum absolute atomic E-state index is 15.1. The maximum atomic E-state index is 15.1. The topological polar surface area (TPSA) is 188 Å². The van der Waals surface area contributed by atoms with Gasteiger partial charge in [-0.15, -0.1) is 0 Å². The van der Waals surface area contributed by atoms with Crippen molar-refractivity contribution in [3.05, 3.63) is 65.7 Å². The van der Waals surface area contributed by atoms with E-state index in [1.165, 1.54) is 33.0 Å². The molecule has 0 saturated heterocycles. The first-order chi connectivity index (χ1) is 32.7. The quantitative estimate of drug-likeness (QED) is 0.0439. The van der Waals surface area contributed by atoms with Crippen molar-refractivity contribution in [1.29, 1.82) is 0 Å². The van der Waals surface area contributed by atoms with Gasteiger partial charge in [0.15, 0.2) is 8.32 Å². The van der Waals surface area contributed by atoms with E-state index in [2.05, 4.69) is 10.6 Å². The Bertz CT molecular complexity index is 2040. The Morgan fingerprint density at radius 1 is 0.746 bits per heavy atom. The molecule has 0 spiro atoms. The summed E-state index contributed by atoms with van der Waals surface area (Å²) in [6.45, 7) is 23.5. The summed E-state index contributed by atoms with van der Waals surface area (Å²) in [6.07, 6.45) is -3.71. The number of nitrogens with one attached hydrogen (secondary N) is 2. The number of alkyl halides is 3. The molecular weight excluding hydrogens is 995 g/mol. The number of rotatable bonds is 24. The first-order valence-corrected chi connectivity index (χ1v) is 28.0. The molecule has 0 unspecified atom stereocenters. The fourth-order valence-corrected chi connectivity index (χ4v) is 8.43. The number of likely N-dealkylation sites (N-methyl/N-ethyl adjacent to an activating group) is 2. The Hall–Kier alpha value is -4.29. The summed E-state index contributed by atoms with van der Waals surface area (Å²) in [5, 5.41) is 5.52. The molecule has 0 heterocycles. The van der Waals surface area contributed by atoms with Crippen molar-refractivity contribution in [2.75, 3.05) is 27.8 Å². The van der Waals surface area contributed by atoms with E-state index in [9.17, 15) is 24.0 Å². The lowest BCUT2D eigenvalue weighted by molar-refractivity contribution is -0.158. The number of benzene rings is 2. The zero-order valence-corrected chi connectivity index (χ0v) is 47.8. The fourth-order valence-electron chi connectivity index (χ4n) is 6.93. The lowest BCUT2D eigenvalue weighted by atomic mass is 9.92. The van der Waals surface area contributed by atoms with E-state index in [1.807, 2.05) is 67.6 Å². The molecule has 2 N–H and O–H groups in total. The molecule has 7 atom stereocenters. The van der Waals surface area contributed by atoms with Gasteiger partial charge in [0.1, 0.15) is 48.8 Å². The Morgan fingerprint density at radius 3 is 1.83 bits per heavy atom. The first kappa shape index (κ1) is 62.8. The van der Waals surface area contributed by atoms with Gasteiger partial charge in [-0.3, -0.25) is 24.2 Å². The Kier molecular flexibility index (Phi) is 24.5. The number of amides is 4. The molecular formula is C51H79Cl3N4O12Si. The molecule has 2 aromatic rings. The van der Waals surface area contributed by atoms with Crippen molar-refractivity contribution in [1.82, 2.24) is 20.4 Å². The van der Waals surface area contributed by atoms with Gasteiger partial charge in [0.25, 0.3) is 0 Å². The van der Waals surface area contributed by atoms with Crippen LogP contribution in [0.3, 0.4) is 0 Å². The lowest BCUT2D eigenvalue weighted by Gasteiger charge is -2.43. The van der Waals surface area contributed by atoms with E-state index < -0.39 is 96.6 Å². The van der Waals surface area contributed by atoms with Gasteiger partial charge in [-0.25, -0.2) is 14.4 Å². The molecule has 400 valence electrons. The van der Waals surface area contributed by atoms with Crippen molar-refractivity contribution < 1.29 is 56.9 Å². The first-order valence-electron chi connectivity index (χ1n) is 23.9. The molecule has 0 aromatic heterocycles. The zero-order chi connectivity index (χ0) is 54.2. The second kappa shape index (κ2) is 27.7. The third kappa shape index (κ3) is 21.4. The number of esters is 2. The molecule has 2 rings (SSSR count). The SMILES string of the molecule is CC[C@H](C)[C@@H](NC(=O)[C@@H](NC(=O)[C@@H](CC(C)C)N(C)C(=O)OC(C)(C)C)[C@@H](C)OC(=O)[C@H](Cc1ccc(OC)cc1)N(C)C(=O)OCc1ccccc1)[C@H](CC(=O)OCC(Cl)(Cl)Cl)O[Si](C)(C)C(C)(C)C. The minimum Gasteiger partial charge on any atom is -0.497 e. The van der Waals surface area contributed by atoms with Crippen molar-refractivity contribution in [3.8, 4) is 5.75 Å². The molecule has 4 amide bonds. The van der Waals surface area contributed by atoms with Crippen molar-refractivity contribution in [2.45, 2.75) is 172 Å². The van der Waals surface area contributed by atoms with Crippen molar-refractivity contribution in [3.63, 3.8) is 0 Å². The number of halogens is 3. The molecule has 0 saturated carbocycles. The normalized spacial score (nSPS) is 15.2. The number of hydrogen-bond acceptors (Lipinski definition) is 12. The van der Waals surface area contributed by atoms with Gasteiger partial charge in [-0.05, 0) is 87.3 Å². The number of hydrogen-bond donors (Lipinski definition) is 2. The highest BCUT2D eigenvalue weighted by Gasteiger charge is 2.45. The van der Waals surface area contributed by atoms with Crippen LogP contribution >= 0.6 is 34.8 Å². The van der Waals surface area contributed by atoms with E-state index in [-0.39, 0.29) is 42.7 Å². The maximum Gasteiger partial charge on any atom is 0.410 e. The standard InChI is InChI=1S/C51H79Cl3N4O12Si/c1-17-33(4)42(40(70-71(15,16)50(9,10)11)29-41(59)67-31-51(52,53)54)55-45(61)43(56-44(60)38(27-32(2)3)57(12)48(64)69-49(6,7)8)34(5)68-46(62)39(28-35-23-25-37(65-14)26-24-35)58(13)47(63)66-30-36-21-19-18-20-22-36/h18-26,32-34,38-40,42-43H,17,27-31H2,1-16H3,(H,55,61)(H,56,60)/t33-,34+,38+,39-,40-,42+,43-/m0/s1. The predicted octanol–water partition coefficient (Wildman–Crippen LogP) is 9.80. The predicted molar refractivity (Wildman–Crippen MR) is 279 cm³/mol. The van der Waals surface area contributed by atoms with E-state index in [1.54, 1.807) is 69.3 Å². The summed E-state index contributed by atoms with van der Waals surface area (Å²) in [5.41, 5.74) is 0.478. The van der Waals surface area contributed by atoms with E-state index >= 15 is 4.79 Å². The Morgan fingerprint density at radius 2 is 1.32 bits per heavy atom. The highest BCUT2D eigenvalue weighted by atomic mass is 35.6. The second-order valence-corrected chi connectivity index (χ2v) is 28.2. The molecule has 0 bridgehead atoms. The van der Waals surface area contributed by atoms with Crippen LogP contribution in [-0.2, 0) is 55.6 Å². The van der Waals surface area contributed by atoms with Crippen LogP contribution in [0.25, 0.3) is 0 Å². The average Bonchev–Trinajstić information content (AvgIpc) is 3.27. The van der Waals surface area contributed by atoms with Crippen LogP contribution in [0.1, 0.15) is 107 Å². The van der Waals surface area contributed by atoms with Crippen LogP contribution in [-0.4, -0.2) is 128 Å². The smallest absolute Gasteiger partial charge is 0.410 e. The molecule has 0 fully saturated rings. The van der Waals surface area contributed by atoms with Crippen LogP contribution in [0.5, 0.6) is 5.75 Å². The Labute approximate surface area is 437 Å². The molecule has 16 nitrogen and oxygen atoms in total. The number of carbonyl (C=O) groups excluding carboxylic acids is 6. The van der Waals surface area contributed by atoms with Gasteiger partial charge in [-0.2, -0.15) is 0 Å². The van der Waals surface area contributed by atoms with Gasteiger partial charge in [0.2, 0.25) is 15.6 Å². The highest BCUT2D eigenvalue weighted by Crippen LogP contribution is 2.39. The van der Waals surface area contributed by atoms with Crippen LogP contribution in [0, 0.1) is 11.8 Å². The van der Waals surface area contributed by atoms with Gasteiger partial charge < -0.3 is 38.7 Å². The summed E-state index contributed by atoms with van der Waals surface area (Å²) in [5.74, 6) is -3.09. The van der Waals surface area contributed by atoms with Gasteiger partial charge >= 0.3 is 24.1 Å². The van der Waals surface area contributed by atoms with Gasteiger partial charge in [0.05, 0.1) is 25.7 Å². The number of nitrogens with zero attached hydrogens (tertiary/aromatic N) is 2. The average molecular weight is 1070 g/mol. The monoisotopic (exact) mass is 1070 g/mol. The van der Waals surface area contributed by atoms with Crippen LogP contribution in [0.15, 0.2) is 54.6 Å². The van der Waals surface area contributed by atoms with Crippen LogP contribution in [0.2, 0.25) is 18.1 Å². The lowest BCUT2D eigenvalue weighted by Crippen LogP contribution is -2.62. The summed E-state index contributed by atoms with van der Waals surface area (Å²) in [6, 6.07) is 11.0. The summed E-state index contributed by atoms with van der Waals surface area (Å²) in [7, 11) is 1.65. The second-order valence-electron chi connectivity index (χ2n) is 20.9. The Balaban J connectivity index is 2.77. The van der Waals surface area contributed by atoms with Crippen molar-refractivity contribution in [2.24, 2.45) is 11.8 Å². The molecule has 0 aliphatic rings. The molecule has 20 heteroatoms. The van der Waals surface area contributed by atoms with E-state index in [4.69, 9.17) is 62.9 Å². The number of ether oxygens (including phenoxy) is 5. The van der Waals surface area contributed by atoms with Gasteiger partial charge in [-0.1, -0.05) is 132 Å². The molecule has 0 radical (unpaired) electrons. The van der Waals surface area contributed by atoms with E-state index in [0.717, 1.165) is 10.5 Å². The summed E-state index contributed by atoms with van der Waals surface area (Å²) < 4.78 is 33.1. The minimum absolute atomic E-state index is 0.0379. The van der Waals surface area contributed by atoms with Crippen LogP contribution in [0.4, 0.5) is 9.59 Å². The van der Waals surface area contributed by atoms with Crippen LogP contribution < -0.4 is 15.4 Å². The minimum atomic E-state index is -2.71. The third-order valence-electron chi connectivity index (χ3n) is 12.3. The van der Waals surface area contributed by atoms with Crippen molar-refractivity contribution >= 4 is 79.1 Å². The summed E-state index contributed by atoms with van der Waals surface area (Å²) in [4.78, 5) is 87.2. The third-order valence-corrected chi connectivity index (χ3v) is 17.1. The number of carbonyl (C=O) groups is 6. The van der Waals surface area contributed by atoms with Gasteiger partial charge in [0, 0.05) is 20.5 Å². The zero-order valence-electron chi connectivity index (χ0n) is 44.5. The fraction of sp³-hybridized carbons (Fsp3) is 0.647. The summed E-state index contributed by atoms with van der Waals surface area (Å²) >= 11 is 17.8. The highest BCUT2D eigenvalue weighted by molar-refractivity contribution is 6.74. The molecule has 0 aliphatic carbocycles.